The molecule has 3 aromatic rings. The van der Waals surface area contributed by atoms with Crippen molar-refractivity contribution in [3.8, 4) is 5.69 Å². The first-order chi connectivity index (χ1) is 10.3. The van der Waals surface area contributed by atoms with Crippen molar-refractivity contribution in [1.29, 1.82) is 0 Å². The molecule has 4 rings (SSSR count). The van der Waals surface area contributed by atoms with Crippen molar-refractivity contribution >= 4 is 26.8 Å². The van der Waals surface area contributed by atoms with Crippen LogP contribution in [0.25, 0.3) is 16.6 Å². The summed E-state index contributed by atoms with van der Waals surface area (Å²) in [5.74, 6) is 0. The van der Waals surface area contributed by atoms with Crippen molar-refractivity contribution in [2.75, 3.05) is 0 Å². The molecule has 2 heterocycles. The van der Waals surface area contributed by atoms with Crippen molar-refractivity contribution in [3.63, 3.8) is 0 Å². The summed E-state index contributed by atoms with van der Waals surface area (Å²) >= 11 is 3.46. The Morgan fingerprint density at radius 1 is 1.29 bits per heavy atom. The lowest BCUT2D eigenvalue weighted by Crippen LogP contribution is -2.16. The topological polar surface area (TPSA) is 42.7 Å². The molecule has 2 aromatic heterocycles. The molecular formula is C16H15BrN4. The summed E-state index contributed by atoms with van der Waals surface area (Å²) in [6.45, 7) is 0.810. The molecule has 0 amide bonds. The summed E-state index contributed by atoms with van der Waals surface area (Å²) in [7, 11) is 0. The Bertz CT molecular complexity index is 792. The smallest absolute Gasteiger partial charge is 0.0758 e. The van der Waals surface area contributed by atoms with Crippen molar-refractivity contribution in [2.45, 2.75) is 25.4 Å². The van der Waals surface area contributed by atoms with Gasteiger partial charge >= 0.3 is 0 Å². The van der Waals surface area contributed by atoms with Gasteiger partial charge in [0.1, 0.15) is 0 Å². The predicted molar refractivity (Wildman–Crippen MR) is 86.4 cm³/mol. The fourth-order valence-electron chi connectivity index (χ4n) is 2.46. The zero-order valence-corrected chi connectivity index (χ0v) is 13.0. The molecule has 1 aromatic carbocycles. The molecule has 1 saturated carbocycles. The van der Waals surface area contributed by atoms with Gasteiger partial charge in [0.25, 0.3) is 0 Å². The van der Waals surface area contributed by atoms with Crippen LogP contribution in [0, 0.1) is 0 Å². The van der Waals surface area contributed by atoms with Crippen molar-refractivity contribution in [1.82, 2.24) is 20.1 Å². The number of nitrogens with one attached hydrogen (secondary N) is 1. The number of hydrogen-bond acceptors (Lipinski definition) is 3. The lowest BCUT2D eigenvalue weighted by molar-refractivity contribution is 0.675. The van der Waals surface area contributed by atoms with Gasteiger partial charge in [0, 0.05) is 24.2 Å². The van der Waals surface area contributed by atoms with E-state index in [1.165, 1.54) is 12.8 Å². The third-order valence-electron chi connectivity index (χ3n) is 3.69. The Hall–Kier alpha value is -1.72. The summed E-state index contributed by atoms with van der Waals surface area (Å²) in [5, 5.41) is 9.04. The van der Waals surface area contributed by atoms with E-state index in [9.17, 15) is 0 Å². The number of halogens is 1. The van der Waals surface area contributed by atoms with E-state index in [-0.39, 0.29) is 0 Å². The molecule has 106 valence electrons. The van der Waals surface area contributed by atoms with E-state index in [1.54, 1.807) is 6.20 Å². The maximum absolute atomic E-state index is 4.75. The molecule has 5 heteroatoms. The summed E-state index contributed by atoms with van der Waals surface area (Å²) in [5.41, 5.74) is 3.13. The molecule has 21 heavy (non-hydrogen) atoms. The Morgan fingerprint density at radius 2 is 2.14 bits per heavy atom. The van der Waals surface area contributed by atoms with Crippen LogP contribution in [-0.4, -0.2) is 20.8 Å². The lowest BCUT2D eigenvalue weighted by atomic mass is 10.1. The van der Waals surface area contributed by atoms with Crippen LogP contribution < -0.4 is 5.32 Å². The molecule has 0 saturated heterocycles. The summed E-state index contributed by atoms with van der Waals surface area (Å²) in [4.78, 5) is 4.75. The number of para-hydroxylation sites is 1. The number of hydrogen-bond donors (Lipinski definition) is 1. The van der Waals surface area contributed by atoms with Gasteiger partial charge < -0.3 is 5.32 Å². The molecular weight excluding hydrogens is 328 g/mol. The Morgan fingerprint density at radius 3 is 2.90 bits per heavy atom. The van der Waals surface area contributed by atoms with Gasteiger partial charge in [-0.05, 0) is 40.9 Å². The zero-order valence-electron chi connectivity index (χ0n) is 11.5. The van der Waals surface area contributed by atoms with Crippen LogP contribution in [0.15, 0.2) is 47.2 Å². The normalized spacial score (nSPS) is 14.7. The molecule has 1 fully saturated rings. The molecule has 0 radical (unpaired) electrons. The van der Waals surface area contributed by atoms with Crippen LogP contribution in [0.4, 0.5) is 0 Å². The first-order valence-corrected chi connectivity index (χ1v) is 7.91. The fourth-order valence-corrected chi connectivity index (χ4v) is 2.74. The third kappa shape index (κ3) is 2.71. The van der Waals surface area contributed by atoms with Gasteiger partial charge in [0.15, 0.2) is 0 Å². The molecule has 1 aliphatic rings. The highest BCUT2D eigenvalue weighted by Gasteiger charge is 2.20. The lowest BCUT2D eigenvalue weighted by Gasteiger charge is -2.10. The number of pyridine rings is 1. The van der Waals surface area contributed by atoms with Crippen LogP contribution in [0.5, 0.6) is 0 Å². The van der Waals surface area contributed by atoms with Crippen LogP contribution in [-0.2, 0) is 6.54 Å². The second-order valence-electron chi connectivity index (χ2n) is 5.41. The Labute approximate surface area is 131 Å². The third-order valence-corrected chi connectivity index (χ3v) is 4.10. The van der Waals surface area contributed by atoms with E-state index in [0.29, 0.717) is 6.04 Å². The second-order valence-corrected chi connectivity index (χ2v) is 6.32. The van der Waals surface area contributed by atoms with Crippen LogP contribution in [0.2, 0.25) is 0 Å². The van der Waals surface area contributed by atoms with Crippen LogP contribution in [0.3, 0.4) is 0 Å². The highest BCUT2D eigenvalue weighted by Crippen LogP contribution is 2.24. The summed E-state index contributed by atoms with van der Waals surface area (Å²) in [6, 6.07) is 11.0. The highest BCUT2D eigenvalue weighted by molar-refractivity contribution is 9.10. The van der Waals surface area contributed by atoms with Gasteiger partial charge in [0.2, 0.25) is 0 Å². The van der Waals surface area contributed by atoms with Gasteiger partial charge in [-0.15, -0.1) is 0 Å². The standard InChI is InChI=1S/C16H15BrN4/c17-11-8-19-21(10-11)16-7-13(9-18-12-5-6-12)20-15-4-2-1-3-14(15)16/h1-4,7-8,10,12,18H,5-6,9H2. The number of aromatic nitrogens is 3. The molecule has 1 aliphatic carbocycles. The minimum absolute atomic E-state index is 0.681. The van der Waals surface area contributed by atoms with E-state index >= 15 is 0 Å². The zero-order chi connectivity index (χ0) is 14.2. The minimum atomic E-state index is 0.681. The highest BCUT2D eigenvalue weighted by atomic mass is 79.9. The average Bonchev–Trinajstić information content (AvgIpc) is 3.24. The quantitative estimate of drug-likeness (QED) is 0.789. The molecule has 0 spiro atoms. The minimum Gasteiger partial charge on any atom is -0.308 e. The average molecular weight is 343 g/mol. The van der Waals surface area contributed by atoms with Gasteiger partial charge in [-0.2, -0.15) is 5.10 Å². The largest absolute Gasteiger partial charge is 0.308 e. The molecule has 0 bridgehead atoms. The second kappa shape index (κ2) is 5.24. The van der Waals surface area contributed by atoms with Crippen LogP contribution >= 0.6 is 15.9 Å². The van der Waals surface area contributed by atoms with E-state index in [4.69, 9.17) is 4.98 Å². The predicted octanol–water partition coefficient (Wildman–Crippen LogP) is 3.44. The van der Waals surface area contributed by atoms with Gasteiger partial charge in [0.05, 0.1) is 27.6 Å². The molecule has 0 unspecified atom stereocenters. The fraction of sp³-hybridized carbons (Fsp3) is 0.250. The first-order valence-electron chi connectivity index (χ1n) is 7.12. The van der Waals surface area contributed by atoms with Crippen molar-refractivity contribution < 1.29 is 0 Å². The molecule has 0 atom stereocenters. The van der Waals surface area contributed by atoms with E-state index < -0.39 is 0 Å². The Balaban J connectivity index is 1.81. The number of nitrogens with zero attached hydrogens (tertiary/aromatic N) is 3. The van der Waals surface area contributed by atoms with Gasteiger partial charge in [-0.25, -0.2) is 4.68 Å². The monoisotopic (exact) mass is 342 g/mol. The summed E-state index contributed by atoms with van der Waals surface area (Å²) < 4.78 is 2.87. The number of fused-ring (bicyclic) bond motifs is 1. The summed E-state index contributed by atoms with van der Waals surface area (Å²) in [6.07, 6.45) is 6.34. The van der Waals surface area contributed by atoms with Crippen molar-refractivity contribution in [2.24, 2.45) is 0 Å². The van der Waals surface area contributed by atoms with Gasteiger partial charge in [-0.1, -0.05) is 18.2 Å². The van der Waals surface area contributed by atoms with Crippen LogP contribution in [0.1, 0.15) is 18.5 Å². The number of rotatable bonds is 4. The first kappa shape index (κ1) is 13.0. The van der Waals surface area contributed by atoms with E-state index in [1.807, 2.05) is 23.0 Å². The van der Waals surface area contributed by atoms with E-state index in [2.05, 4.69) is 44.5 Å². The van der Waals surface area contributed by atoms with Crippen molar-refractivity contribution in [3.05, 3.63) is 52.9 Å². The molecule has 4 nitrogen and oxygen atoms in total. The molecule has 1 N–H and O–H groups in total. The van der Waals surface area contributed by atoms with E-state index in [0.717, 1.165) is 33.3 Å². The maximum atomic E-state index is 4.75. The Kier molecular flexibility index (Phi) is 3.24. The number of benzene rings is 1. The molecule has 0 aliphatic heterocycles. The SMILES string of the molecule is Brc1cnn(-c2cc(CNC3CC3)nc3ccccc23)c1. The van der Waals surface area contributed by atoms with Gasteiger partial charge in [-0.3, -0.25) is 4.98 Å². The maximum Gasteiger partial charge on any atom is 0.0758 e.